The molecule has 0 spiro atoms. The molecule has 76 valence electrons. The lowest BCUT2D eigenvalue weighted by molar-refractivity contribution is 0.659. The Hall–Kier alpha value is -1.32. The molecule has 0 aliphatic carbocycles. The van der Waals surface area contributed by atoms with Crippen molar-refractivity contribution in [2.75, 3.05) is 23.7 Å². The van der Waals surface area contributed by atoms with E-state index in [2.05, 4.69) is 21.8 Å². The van der Waals surface area contributed by atoms with Crippen LogP contribution >= 0.6 is 0 Å². The summed E-state index contributed by atoms with van der Waals surface area (Å²) in [4.78, 5) is 10.6. The lowest BCUT2D eigenvalue weighted by atomic mass is 10.2. The summed E-state index contributed by atoms with van der Waals surface area (Å²) in [6.07, 6.45) is 1.24. The minimum atomic E-state index is 0.375. The molecule has 2 heterocycles. The van der Waals surface area contributed by atoms with E-state index in [1.165, 1.54) is 6.42 Å². The molecular weight excluding hydrogens is 176 g/mol. The molecule has 4 nitrogen and oxygen atoms in total. The first-order valence-electron chi connectivity index (χ1n) is 5.01. The van der Waals surface area contributed by atoms with Crippen LogP contribution in [-0.2, 0) is 0 Å². The van der Waals surface area contributed by atoms with Crippen LogP contribution in [0.4, 0.5) is 11.8 Å². The molecule has 4 heteroatoms. The average molecular weight is 192 g/mol. The second kappa shape index (κ2) is 3.44. The highest BCUT2D eigenvalue weighted by molar-refractivity contribution is 5.44. The minimum absolute atomic E-state index is 0.375. The molecule has 1 saturated heterocycles. The second-order valence-corrected chi connectivity index (χ2v) is 4.07. The molecule has 0 amide bonds. The van der Waals surface area contributed by atoms with Crippen LogP contribution in [0.1, 0.15) is 19.0 Å². The fraction of sp³-hybridized carbons (Fsp3) is 0.600. The molecule has 0 radical (unpaired) electrons. The summed E-state index contributed by atoms with van der Waals surface area (Å²) in [7, 11) is 0. The molecule has 1 aromatic heterocycles. The molecule has 0 bridgehead atoms. The van der Waals surface area contributed by atoms with Gasteiger partial charge in [0.25, 0.3) is 0 Å². The first-order chi connectivity index (χ1) is 6.65. The Morgan fingerprint density at radius 3 is 2.86 bits per heavy atom. The van der Waals surface area contributed by atoms with E-state index in [0.717, 1.165) is 30.5 Å². The monoisotopic (exact) mass is 192 g/mol. The SMILES string of the molecule is Cc1cc(N2CCC(C)C2)nc(N)n1. The molecule has 2 N–H and O–H groups in total. The van der Waals surface area contributed by atoms with Crippen molar-refractivity contribution in [3.63, 3.8) is 0 Å². The van der Waals surface area contributed by atoms with Gasteiger partial charge in [0.15, 0.2) is 0 Å². The third-order valence-corrected chi connectivity index (χ3v) is 2.61. The van der Waals surface area contributed by atoms with Gasteiger partial charge in [0.2, 0.25) is 5.95 Å². The van der Waals surface area contributed by atoms with Gasteiger partial charge in [-0.3, -0.25) is 0 Å². The van der Waals surface area contributed by atoms with Crippen LogP contribution in [0.2, 0.25) is 0 Å². The average Bonchev–Trinajstić information content (AvgIpc) is 2.50. The van der Waals surface area contributed by atoms with Crippen molar-refractivity contribution >= 4 is 11.8 Å². The number of hydrogen-bond donors (Lipinski definition) is 1. The number of hydrogen-bond acceptors (Lipinski definition) is 4. The molecule has 0 saturated carbocycles. The zero-order chi connectivity index (χ0) is 10.1. The van der Waals surface area contributed by atoms with Crippen LogP contribution in [0.25, 0.3) is 0 Å². The zero-order valence-electron chi connectivity index (χ0n) is 8.70. The van der Waals surface area contributed by atoms with Crippen LogP contribution in [0, 0.1) is 12.8 Å². The van der Waals surface area contributed by atoms with Gasteiger partial charge in [-0.15, -0.1) is 0 Å². The highest BCUT2D eigenvalue weighted by Gasteiger charge is 2.20. The second-order valence-electron chi connectivity index (χ2n) is 4.07. The van der Waals surface area contributed by atoms with Gasteiger partial charge >= 0.3 is 0 Å². The van der Waals surface area contributed by atoms with Crippen LogP contribution < -0.4 is 10.6 Å². The maximum atomic E-state index is 5.61. The molecule has 1 aromatic rings. The number of nitrogens with zero attached hydrogens (tertiary/aromatic N) is 3. The summed E-state index contributed by atoms with van der Waals surface area (Å²) in [6, 6.07) is 1.99. The summed E-state index contributed by atoms with van der Waals surface area (Å²) < 4.78 is 0. The van der Waals surface area contributed by atoms with Gasteiger partial charge in [0.1, 0.15) is 5.82 Å². The molecule has 1 atom stereocenters. The third-order valence-electron chi connectivity index (χ3n) is 2.61. The Labute approximate surface area is 84.2 Å². The zero-order valence-corrected chi connectivity index (χ0v) is 8.70. The quantitative estimate of drug-likeness (QED) is 0.726. The van der Waals surface area contributed by atoms with Crippen molar-refractivity contribution in [3.05, 3.63) is 11.8 Å². The Bertz CT molecular complexity index is 317. The van der Waals surface area contributed by atoms with E-state index < -0.39 is 0 Å². The summed E-state index contributed by atoms with van der Waals surface area (Å²) in [5, 5.41) is 0. The number of rotatable bonds is 1. The van der Waals surface area contributed by atoms with Crippen molar-refractivity contribution in [1.82, 2.24) is 9.97 Å². The molecule has 1 aliphatic rings. The van der Waals surface area contributed by atoms with Crippen molar-refractivity contribution in [1.29, 1.82) is 0 Å². The maximum Gasteiger partial charge on any atom is 0.222 e. The van der Waals surface area contributed by atoms with Gasteiger partial charge in [0.05, 0.1) is 0 Å². The van der Waals surface area contributed by atoms with Crippen molar-refractivity contribution in [2.24, 2.45) is 5.92 Å². The minimum Gasteiger partial charge on any atom is -0.368 e. The predicted octanol–water partition coefficient (Wildman–Crippen LogP) is 1.21. The first-order valence-corrected chi connectivity index (χ1v) is 5.01. The van der Waals surface area contributed by atoms with Crippen LogP contribution in [0.5, 0.6) is 0 Å². The summed E-state index contributed by atoms with van der Waals surface area (Å²) in [5.41, 5.74) is 6.55. The Kier molecular flexibility index (Phi) is 2.27. The molecular formula is C10H16N4. The predicted molar refractivity (Wildman–Crippen MR) is 57.2 cm³/mol. The highest BCUT2D eigenvalue weighted by Crippen LogP contribution is 2.22. The number of nitrogens with two attached hydrogens (primary N) is 1. The Balaban J connectivity index is 2.23. The maximum absolute atomic E-state index is 5.61. The van der Waals surface area contributed by atoms with Gasteiger partial charge in [-0.05, 0) is 19.3 Å². The normalized spacial score (nSPS) is 21.6. The Morgan fingerprint density at radius 1 is 1.50 bits per heavy atom. The standard InChI is InChI=1S/C10H16N4/c1-7-3-4-14(6-7)9-5-8(2)12-10(11)13-9/h5,7H,3-4,6H2,1-2H3,(H2,11,12,13). The van der Waals surface area contributed by atoms with E-state index in [4.69, 9.17) is 5.73 Å². The van der Waals surface area contributed by atoms with E-state index in [-0.39, 0.29) is 0 Å². The summed E-state index contributed by atoms with van der Waals surface area (Å²) in [5.74, 6) is 2.10. The van der Waals surface area contributed by atoms with Crippen molar-refractivity contribution in [3.8, 4) is 0 Å². The molecule has 1 unspecified atom stereocenters. The molecule has 1 fully saturated rings. The fourth-order valence-electron chi connectivity index (χ4n) is 1.88. The van der Waals surface area contributed by atoms with Crippen LogP contribution in [0.3, 0.4) is 0 Å². The fourth-order valence-corrected chi connectivity index (χ4v) is 1.88. The topological polar surface area (TPSA) is 55.0 Å². The van der Waals surface area contributed by atoms with Crippen molar-refractivity contribution < 1.29 is 0 Å². The highest BCUT2D eigenvalue weighted by atomic mass is 15.2. The lowest BCUT2D eigenvalue weighted by Gasteiger charge is -2.17. The van der Waals surface area contributed by atoms with Gasteiger partial charge < -0.3 is 10.6 Å². The summed E-state index contributed by atoms with van der Waals surface area (Å²) in [6.45, 7) is 6.37. The molecule has 1 aliphatic heterocycles. The van der Waals surface area contributed by atoms with Gasteiger partial charge in [0, 0.05) is 24.8 Å². The van der Waals surface area contributed by atoms with Crippen LogP contribution in [0.15, 0.2) is 6.07 Å². The number of aryl methyl sites for hydroxylation is 1. The third kappa shape index (κ3) is 1.78. The lowest BCUT2D eigenvalue weighted by Crippen LogP contribution is -2.21. The van der Waals surface area contributed by atoms with E-state index in [9.17, 15) is 0 Å². The van der Waals surface area contributed by atoms with E-state index in [0.29, 0.717) is 5.95 Å². The smallest absolute Gasteiger partial charge is 0.222 e. The van der Waals surface area contributed by atoms with Crippen LogP contribution in [-0.4, -0.2) is 23.1 Å². The van der Waals surface area contributed by atoms with Gasteiger partial charge in [-0.2, -0.15) is 4.98 Å². The molecule has 0 aromatic carbocycles. The van der Waals surface area contributed by atoms with E-state index >= 15 is 0 Å². The van der Waals surface area contributed by atoms with Gasteiger partial charge in [-0.1, -0.05) is 6.92 Å². The van der Waals surface area contributed by atoms with E-state index in [1.54, 1.807) is 0 Å². The van der Waals surface area contributed by atoms with Gasteiger partial charge in [-0.25, -0.2) is 4.98 Å². The first kappa shape index (κ1) is 9.24. The molecule has 2 rings (SSSR count). The van der Waals surface area contributed by atoms with Crippen molar-refractivity contribution in [2.45, 2.75) is 20.3 Å². The number of nitrogen functional groups attached to an aromatic ring is 1. The van der Waals surface area contributed by atoms with E-state index in [1.807, 2.05) is 13.0 Å². The summed E-state index contributed by atoms with van der Waals surface area (Å²) >= 11 is 0. The number of anilines is 2. The largest absolute Gasteiger partial charge is 0.368 e. The number of aromatic nitrogens is 2. The molecule has 14 heavy (non-hydrogen) atoms. The Morgan fingerprint density at radius 2 is 2.29 bits per heavy atom.